The van der Waals surface area contributed by atoms with Crippen LogP contribution in [0.3, 0.4) is 0 Å². The van der Waals surface area contributed by atoms with Crippen LogP contribution in [-0.4, -0.2) is 31.0 Å². The fraction of sp³-hybridized carbons (Fsp3) is 0.353. The van der Waals surface area contributed by atoms with Crippen LogP contribution in [-0.2, 0) is 0 Å². The third-order valence-electron chi connectivity index (χ3n) is 4.26. The molecule has 0 bridgehead atoms. The van der Waals surface area contributed by atoms with Crippen molar-refractivity contribution in [2.75, 3.05) is 20.2 Å². The normalized spacial score (nSPS) is 26.0. The highest BCUT2D eigenvalue weighted by Gasteiger charge is 2.54. The second-order valence-corrected chi connectivity index (χ2v) is 5.18. The minimum Gasteiger partial charge on any atom is -0.400 e. The molecule has 0 spiro atoms. The Morgan fingerprint density at radius 3 is 2.40 bits per heavy atom. The Morgan fingerprint density at radius 1 is 1.25 bits per heavy atom. The topological polar surface area (TPSA) is 56.1 Å². The first-order chi connectivity index (χ1) is 9.76. The van der Waals surface area contributed by atoms with Crippen LogP contribution in [0.25, 0.3) is 12.2 Å². The molecule has 2 fully saturated rings. The fourth-order valence-corrected chi connectivity index (χ4v) is 3.14. The first kappa shape index (κ1) is 14.7. The van der Waals surface area contributed by atoms with E-state index in [9.17, 15) is 0 Å². The van der Waals surface area contributed by atoms with Gasteiger partial charge in [-0.1, -0.05) is 37.4 Å². The molecule has 2 aliphatic rings. The van der Waals surface area contributed by atoms with Crippen molar-refractivity contribution in [3.05, 3.63) is 48.0 Å². The van der Waals surface area contributed by atoms with Crippen LogP contribution in [0.4, 0.5) is 0 Å². The molecule has 1 aliphatic carbocycles. The molecule has 1 aromatic carbocycles. The van der Waals surface area contributed by atoms with E-state index >= 15 is 0 Å². The van der Waals surface area contributed by atoms with Crippen molar-refractivity contribution in [3.63, 3.8) is 0 Å². The number of aliphatic hydroxyl groups is 1. The first-order valence-electron chi connectivity index (χ1n) is 6.89. The summed E-state index contributed by atoms with van der Waals surface area (Å²) in [5.41, 5.74) is 3.98. The van der Waals surface area contributed by atoms with Crippen LogP contribution in [0.2, 0.25) is 0 Å². The Morgan fingerprint density at radius 2 is 1.85 bits per heavy atom. The molecule has 1 aliphatic heterocycles. The summed E-state index contributed by atoms with van der Waals surface area (Å²) in [5.74, 6) is 1.87. The molecular weight excluding hydrogens is 248 g/mol. The molecule has 1 aromatic rings. The molecule has 2 unspecified atom stereocenters. The molecule has 2 atom stereocenters. The fourth-order valence-electron chi connectivity index (χ4n) is 3.14. The van der Waals surface area contributed by atoms with Crippen LogP contribution in [0, 0.1) is 23.2 Å². The van der Waals surface area contributed by atoms with Crippen LogP contribution in [0.15, 0.2) is 31.4 Å². The van der Waals surface area contributed by atoms with Crippen molar-refractivity contribution < 1.29 is 6.53 Å². The van der Waals surface area contributed by atoms with Crippen molar-refractivity contribution >= 4 is 17.9 Å². The Hall–Kier alpha value is -1.71. The van der Waals surface area contributed by atoms with Crippen molar-refractivity contribution in [2.24, 2.45) is 17.8 Å². The molecule has 0 aromatic heterocycles. The molecule has 3 heteroatoms. The van der Waals surface area contributed by atoms with E-state index in [1.807, 2.05) is 24.3 Å². The third kappa shape index (κ3) is 2.47. The zero-order valence-corrected chi connectivity index (χ0v) is 11.9. The summed E-state index contributed by atoms with van der Waals surface area (Å²) >= 11 is 0. The zero-order chi connectivity index (χ0) is 14.7. The lowest BCUT2D eigenvalue weighted by atomic mass is 9.98. The van der Waals surface area contributed by atoms with Gasteiger partial charge in [-0.05, 0) is 47.7 Å². The average Bonchev–Trinajstić information content (AvgIpc) is 2.99. The quantitative estimate of drug-likeness (QED) is 0.738. The van der Waals surface area contributed by atoms with Gasteiger partial charge in [0.1, 0.15) is 0 Å². The maximum atomic E-state index is 8.36. The first-order valence-corrected chi connectivity index (χ1v) is 6.89. The number of hydrogen-bond donors (Lipinski definition) is 3. The van der Waals surface area contributed by atoms with E-state index in [1.54, 1.807) is 0 Å². The maximum Gasteiger partial charge on any atom is 0.0424 e. The van der Waals surface area contributed by atoms with Gasteiger partial charge in [-0.3, -0.25) is 0 Å². The number of piperidine rings is 1. The molecule has 1 saturated carbocycles. The Balaban J connectivity index is 0.000000706. The van der Waals surface area contributed by atoms with E-state index in [4.69, 9.17) is 10.5 Å². The highest BCUT2D eigenvalue weighted by Crippen LogP contribution is 2.50. The van der Waals surface area contributed by atoms with E-state index < -0.39 is 0 Å². The smallest absolute Gasteiger partial charge is 0.0424 e. The molecule has 0 amide bonds. The number of nitrogens with one attached hydrogen (secondary N) is 2. The predicted octanol–water partition coefficient (Wildman–Crippen LogP) is 2.66. The lowest BCUT2D eigenvalue weighted by Crippen LogP contribution is -2.19. The molecule has 3 N–H and O–H groups in total. The largest absolute Gasteiger partial charge is 0.400 e. The highest BCUT2D eigenvalue weighted by molar-refractivity contribution is 6.02. The standard InChI is InChI=1S/C16H18N2.CH4O.H2/c1-3-10-5-6-12(7-11(10)4-2)16(17)15-13-8-18-9-14(13)15;1-2;/h3-7,13-15,17-18H,1-2,8-9H2;2H,1H3;1H. The van der Waals surface area contributed by atoms with Gasteiger partial charge in [-0.15, -0.1) is 0 Å². The van der Waals surface area contributed by atoms with Crippen LogP contribution < -0.4 is 5.32 Å². The van der Waals surface area contributed by atoms with Gasteiger partial charge < -0.3 is 15.8 Å². The van der Waals surface area contributed by atoms with Gasteiger partial charge in [-0.2, -0.15) is 0 Å². The Labute approximate surface area is 122 Å². The molecule has 3 nitrogen and oxygen atoms in total. The molecule has 1 saturated heterocycles. The van der Waals surface area contributed by atoms with E-state index in [2.05, 4.69) is 24.5 Å². The molecular formula is C17H24N2O. The van der Waals surface area contributed by atoms with Gasteiger partial charge in [0.25, 0.3) is 0 Å². The second-order valence-electron chi connectivity index (χ2n) is 5.18. The number of benzene rings is 1. The lowest BCUT2D eigenvalue weighted by Gasteiger charge is -2.09. The summed E-state index contributed by atoms with van der Waals surface area (Å²) in [7, 11) is 1.00. The minimum atomic E-state index is 0. The molecule has 20 heavy (non-hydrogen) atoms. The van der Waals surface area contributed by atoms with Gasteiger partial charge >= 0.3 is 0 Å². The van der Waals surface area contributed by atoms with E-state index in [0.29, 0.717) is 17.8 Å². The van der Waals surface area contributed by atoms with Gasteiger partial charge in [0, 0.05) is 20.2 Å². The zero-order valence-electron chi connectivity index (χ0n) is 11.9. The Bertz CT molecular complexity index is 532. The van der Waals surface area contributed by atoms with Crippen LogP contribution >= 0.6 is 0 Å². The number of fused-ring (bicyclic) bond motifs is 1. The van der Waals surface area contributed by atoms with Crippen LogP contribution in [0.5, 0.6) is 0 Å². The predicted molar refractivity (Wildman–Crippen MR) is 87.0 cm³/mol. The second kappa shape index (κ2) is 6.16. The number of aliphatic hydroxyl groups excluding tert-OH is 1. The molecule has 1 heterocycles. The maximum absolute atomic E-state index is 8.36. The average molecular weight is 272 g/mol. The van der Waals surface area contributed by atoms with Crippen LogP contribution in [0.1, 0.15) is 18.1 Å². The number of rotatable bonds is 4. The summed E-state index contributed by atoms with van der Waals surface area (Å²) < 4.78 is 0. The van der Waals surface area contributed by atoms with Crippen molar-refractivity contribution in [1.82, 2.24) is 5.32 Å². The summed E-state index contributed by atoms with van der Waals surface area (Å²) in [6, 6.07) is 6.13. The summed E-state index contributed by atoms with van der Waals surface area (Å²) in [5, 5.41) is 18.7. The molecule has 0 radical (unpaired) electrons. The minimum absolute atomic E-state index is 0. The SMILES string of the molecule is C=Cc1ccc(C(=N)C2C3CNCC32)cc1C=C.CO.[HH]. The highest BCUT2D eigenvalue weighted by atomic mass is 16.2. The van der Waals surface area contributed by atoms with E-state index in [1.165, 1.54) is 0 Å². The van der Waals surface area contributed by atoms with Gasteiger partial charge in [-0.25, -0.2) is 0 Å². The van der Waals surface area contributed by atoms with Crippen molar-refractivity contribution in [2.45, 2.75) is 0 Å². The van der Waals surface area contributed by atoms with Crippen molar-refractivity contribution in [3.8, 4) is 0 Å². The monoisotopic (exact) mass is 272 g/mol. The van der Waals surface area contributed by atoms with E-state index in [0.717, 1.165) is 42.6 Å². The summed E-state index contributed by atoms with van der Waals surface area (Å²) in [6.45, 7) is 9.79. The van der Waals surface area contributed by atoms with Gasteiger partial charge in [0.05, 0.1) is 0 Å². The van der Waals surface area contributed by atoms with Gasteiger partial charge in [0.2, 0.25) is 0 Å². The Kier molecular flexibility index (Phi) is 4.53. The van der Waals surface area contributed by atoms with E-state index in [-0.39, 0.29) is 1.43 Å². The van der Waals surface area contributed by atoms with Crippen molar-refractivity contribution in [1.29, 1.82) is 5.41 Å². The van der Waals surface area contributed by atoms with Gasteiger partial charge in [0.15, 0.2) is 0 Å². The third-order valence-corrected chi connectivity index (χ3v) is 4.26. The molecule has 108 valence electrons. The summed E-state index contributed by atoms with van der Waals surface area (Å²) in [6.07, 6.45) is 3.67. The molecule has 3 rings (SSSR count). The summed E-state index contributed by atoms with van der Waals surface area (Å²) in [4.78, 5) is 0. The lowest BCUT2D eigenvalue weighted by molar-refractivity contribution is 0.399. The number of hydrogen-bond acceptors (Lipinski definition) is 3.